The lowest BCUT2D eigenvalue weighted by molar-refractivity contribution is 0.00619. The van der Waals surface area contributed by atoms with Crippen LogP contribution in [0.2, 0.25) is 0 Å². The van der Waals surface area contributed by atoms with Gasteiger partial charge in [0, 0.05) is 12.1 Å². The molecule has 0 amide bonds. The van der Waals surface area contributed by atoms with Crippen molar-refractivity contribution in [3.8, 4) is 5.75 Å². The fourth-order valence-corrected chi connectivity index (χ4v) is 5.02. The molecule has 1 saturated carbocycles. The van der Waals surface area contributed by atoms with Crippen molar-refractivity contribution in [2.24, 2.45) is 0 Å². The first-order valence-corrected chi connectivity index (χ1v) is 11.2. The number of likely N-dealkylation sites (N-methyl/N-ethyl adjacent to an activating group) is 1. The van der Waals surface area contributed by atoms with Crippen molar-refractivity contribution in [2.45, 2.75) is 70.1 Å². The highest BCUT2D eigenvalue weighted by atomic mass is 16.5. The van der Waals surface area contributed by atoms with Gasteiger partial charge in [-0.15, -0.1) is 0 Å². The molecule has 1 saturated heterocycles. The van der Waals surface area contributed by atoms with Gasteiger partial charge in [0.25, 0.3) is 0 Å². The molecule has 0 atom stereocenters. The third kappa shape index (κ3) is 5.37. The Morgan fingerprint density at radius 2 is 1.76 bits per heavy atom. The van der Waals surface area contributed by atoms with E-state index in [2.05, 4.69) is 27.0 Å². The van der Waals surface area contributed by atoms with Gasteiger partial charge >= 0.3 is 0 Å². The van der Waals surface area contributed by atoms with Crippen molar-refractivity contribution in [3.05, 3.63) is 42.0 Å². The van der Waals surface area contributed by atoms with Gasteiger partial charge in [0.05, 0.1) is 6.54 Å². The van der Waals surface area contributed by atoms with E-state index < -0.39 is 0 Å². The fraction of sp³-hybridized carbons (Fsp3) is 0.652. The summed E-state index contributed by atoms with van der Waals surface area (Å²) in [4.78, 5) is 9.70. The first kappa shape index (κ1) is 20.4. The standard InChI is InChI=1S/C23H34N4O2/c1-26(19-23(13-7-3-8-14-23)27-15-9-4-10-16-27)17-22-24-21(25-29-22)18-28-20-11-5-2-6-12-20/h2,5-6,11-12H,3-4,7-10,13-19H2,1H3. The largest absolute Gasteiger partial charge is 0.485 e. The third-order valence-electron chi connectivity index (χ3n) is 6.40. The lowest BCUT2D eigenvalue weighted by Gasteiger charge is -2.49. The molecule has 2 aromatic rings. The number of likely N-dealkylation sites (tertiary alicyclic amines) is 1. The van der Waals surface area contributed by atoms with Crippen LogP contribution in [0.25, 0.3) is 0 Å². The van der Waals surface area contributed by atoms with E-state index in [0.29, 0.717) is 30.4 Å². The van der Waals surface area contributed by atoms with E-state index in [1.807, 2.05) is 30.3 Å². The van der Waals surface area contributed by atoms with Crippen LogP contribution in [0.5, 0.6) is 5.75 Å². The van der Waals surface area contributed by atoms with Crippen LogP contribution in [-0.4, -0.2) is 52.2 Å². The van der Waals surface area contributed by atoms with E-state index in [1.165, 1.54) is 64.5 Å². The number of aromatic nitrogens is 2. The molecule has 1 aromatic heterocycles. The molecule has 0 spiro atoms. The molecule has 0 radical (unpaired) electrons. The molecule has 2 fully saturated rings. The highest BCUT2D eigenvalue weighted by Crippen LogP contribution is 2.36. The zero-order valence-electron chi connectivity index (χ0n) is 17.7. The highest BCUT2D eigenvalue weighted by Gasteiger charge is 2.39. The summed E-state index contributed by atoms with van der Waals surface area (Å²) in [5.74, 6) is 2.08. The number of ether oxygens (including phenoxy) is 1. The maximum absolute atomic E-state index is 5.72. The van der Waals surface area contributed by atoms with Gasteiger partial charge in [-0.3, -0.25) is 9.80 Å². The van der Waals surface area contributed by atoms with Crippen LogP contribution in [0.3, 0.4) is 0 Å². The van der Waals surface area contributed by atoms with E-state index in [-0.39, 0.29) is 0 Å². The molecule has 1 aliphatic heterocycles. The zero-order valence-corrected chi connectivity index (χ0v) is 17.7. The van der Waals surface area contributed by atoms with Gasteiger partial charge in [0.15, 0.2) is 6.61 Å². The normalized spacial score (nSPS) is 20.1. The summed E-state index contributed by atoms with van der Waals surface area (Å²) in [7, 11) is 2.19. The van der Waals surface area contributed by atoms with Gasteiger partial charge in [0.1, 0.15) is 5.75 Å². The SMILES string of the molecule is CN(Cc1nc(COc2ccccc2)no1)CC1(N2CCCCC2)CCCCC1. The molecule has 2 aliphatic rings. The Morgan fingerprint density at radius 1 is 1.03 bits per heavy atom. The molecule has 4 rings (SSSR count). The van der Waals surface area contributed by atoms with Crippen LogP contribution in [-0.2, 0) is 13.2 Å². The van der Waals surface area contributed by atoms with E-state index >= 15 is 0 Å². The van der Waals surface area contributed by atoms with Gasteiger partial charge in [-0.05, 0) is 58.0 Å². The predicted molar refractivity (Wildman–Crippen MR) is 113 cm³/mol. The van der Waals surface area contributed by atoms with Crippen LogP contribution < -0.4 is 4.74 Å². The van der Waals surface area contributed by atoms with Crippen LogP contribution in [0.15, 0.2) is 34.9 Å². The molecule has 29 heavy (non-hydrogen) atoms. The fourth-order valence-electron chi connectivity index (χ4n) is 5.02. The number of piperidine rings is 1. The third-order valence-corrected chi connectivity index (χ3v) is 6.40. The molecule has 2 heterocycles. The van der Waals surface area contributed by atoms with Crippen molar-refractivity contribution >= 4 is 0 Å². The molecular formula is C23H34N4O2. The second-order valence-corrected chi connectivity index (χ2v) is 8.71. The molecule has 0 bridgehead atoms. The number of rotatable bonds is 8. The number of benzene rings is 1. The Hall–Kier alpha value is -1.92. The average molecular weight is 399 g/mol. The Labute approximate surface area is 174 Å². The Kier molecular flexibility index (Phi) is 6.82. The van der Waals surface area contributed by atoms with Gasteiger partial charge in [0.2, 0.25) is 11.7 Å². The van der Waals surface area contributed by atoms with Crippen LogP contribution in [0.4, 0.5) is 0 Å². The summed E-state index contributed by atoms with van der Waals surface area (Å²) in [6, 6.07) is 9.74. The maximum atomic E-state index is 5.72. The number of hydrogen-bond donors (Lipinski definition) is 0. The summed E-state index contributed by atoms with van der Waals surface area (Å²) in [5.41, 5.74) is 0.326. The summed E-state index contributed by atoms with van der Waals surface area (Å²) in [6.07, 6.45) is 10.8. The molecule has 0 N–H and O–H groups in total. The summed E-state index contributed by atoms with van der Waals surface area (Å²) < 4.78 is 11.2. The first-order chi connectivity index (χ1) is 14.2. The van der Waals surface area contributed by atoms with Crippen molar-refractivity contribution in [1.29, 1.82) is 0 Å². The molecule has 0 unspecified atom stereocenters. The maximum Gasteiger partial charge on any atom is 0.240 e. The van der Waals surface area contributed by atoms with Crippen molar-refractivity contribution in [2.75, 3.05) is 26.7 Å². The second kappa shape index (κ2) is 9.72. The minimum Gasteiger partial charge on any atom is -0.485 e. The van der Waals surface area contributed by atoms with Crippen LogP contribution in [0.1, 0.15) is 63.1 Å². The number of hydrogen-bond acceptors (Lipinski definition) is 6. The van der Waals surface area contributed by atoms with E-state index in [9.17, 15) is 0 Å². The minimum atomic E-state index is 0.326. The van der Waals surface area contributed by atoms with E-state index in [4.69, 9.17) is 9.26 Å². The van der Waals surface area contributed by atoms with Gasteiger partial charge in [-0.2, -0.15) is 4.98 Å². The molecule has 6 nitrogen and oxygen atoms in total. The lowest BCUT2D eigenvalue weighted by atomic mass is 9.79. The predicted octanol–water partition coefficient (Wildman–Crippen LogP) is 4.27. The van der Waals surface area contributed by atoms with Crippen molar-refractivity contribution in [1.82, 2.24) is 19.9 Å². The van der Waals surface area contributed by atoms with Crippen molar-refractivity contribution < 1.29 is 9.26 Å². The topological polar surface area (TPSA) is 54.6 Å². The quantitative estimate of drug-likeness (QED) is 0.662. The average Bonchev–Trinajstić information content (AvgIpc) is 3.21. The van der Waals surface area contributed by atoms with E-state index in [1.54, 1.807) is 0 Å². The smallest absolute Gasteiger partial charge is 0.240 e. The van der Waals surface area contributed by atoms with E-state index in [0.717, 1.165) is 12.3 Å². The van der Waals surface area contributed by atoms with Crippen molar-refractivity contribution in [3.63, 3.8) is 0 Å². The Bertz CT molecular complexity index is 736. The monoisotopic (exact) mass is 398 g/mol. The van der Waals surface area contributed by atoms with Crippen LogP contribution >= 0.6 is 0 Å². The lowest BCUT2D eigenvalue weighted by Crippen LogP contribution is -2.57. The van der Waals surface area contributed by atoms with Gasteiger partial charge < -0.3 is 9.26 Å². The summed E-state index contributed by atoms with van der Waals surface area (Å²) in [6.45, 7) is 4.61. The molecular weight excluding hydrogens is 364 g/mol. The Balaban J connectivity index is 1.33. The highest BCUT2D eigenvalue weighted by molar-refractivity contribution is 5.20. The van der Waals surface area contributed by atoms with Gasteiger partial charge in [-0.25, -0.2) is 0 Å². The van der Waals surface area contributed by atoms with Crippen LogP contribution in [0, 0.1) is 0 Å². The number of nitrogens with zero attached hydrogens (tertiary/aromatic N) is 4. The minimum absolute atomic E-state index is 0.326. The summed E-state index contributed by atoms with van der Waals surface area (Å²) in [5, 5.41) is 4.09. The molecule has 1 aliphatic carbocycles. The summed E-state index contributed by atoms with van der Waals surface area (Å²) >= 11 is 0. The molecule has 6 heteroatoms. The second-order valence-electron chi connectivity index (χ2n) is 8.71. The Morgan fingerprint density at radius 3 is 2.52 bits per heavy atom. The van der Waals surface area contributed by atoms with Gasteiger partial charge in [-0.1, -0.05) is 49.0 Å². The molecule has 1 aromatic carbocycles. The molecule has 158 valence electrons. The zero-order chi connectivity index (χ0) is 19.9. The number of para-hydroxylation sites is 1. The first-order valence-electron chi connectivity index (χ1n) is 11.2.